The molecule has 2 fully saturated rings. The molecule has 32 heavy (non-hydrogen) atoms. The van der Waals surface area contributed by atoms with Crippen LogP contribution in [0.25, 0.3) is 11.1 Å². The SMILES string of the molecule is O=C(NCCCN1CCOCC1)C1(Cc2cccc(-c3cccc(F)c3)c2)CCOCC1. The second-order valence-electron chi connectivity index (χ2n) is 8.84. The summed E-state index contributed by atoms with van der Waals surface area (Å²) in [5.74, 6) is -0.121. The van der Waals surface area contributed by atoms with Gasteiger partial charge in [0, 0.05) is 32.8 Å². The van der Waals surface area contributed by atoms with Gasteiger partial charge >= 0.3 is 0 Å². The minimum absolute atomic E-state index is 0.124. The highest BCUT2D eigenvalue weighted by Crippen LogP contribution is 2.35. The topological polar surface area (TPSA) is 50.8 Å². The number of carbonyl (C=O) groups is 1. The molecule has 4 rings (SSSR count). The number of benzene rings is 2. The van der Waals surface area contributed by atoms with Gasteiger partial charge in [0.25, 0.3) is 0 Å². The lowest BCUT2D eigenvalue weighted by atomic mass is 9.74. The second kappa shape index (κ2) is 11.0. The van der Waals surface area contributed by atoms with Gasteiger partial charge in [-0.15, -0.1) is 0 Å². The van der Waals surface area contributed by atoms with Gasteiger partial charge in [-0.2, -0.15) is 0 Å². The van der Waals surface area contributed by atoms with Crippen molar-refractivity contribution in [3.05, 3.63) is 59.9 Å². The van der Waals surface area contributed by atoms with Crippen molar-refractivity contribution >= 4 is 5.91 Å². The molecule has 0 bridgehead atoms. The summed E-state index contributed by atoms with van der Waals surface area (Å²) < 4.78 is 24.7. The first-order valence-electron chi connectivity index (χ1n) is 11.7. The third-order valence-electron chi connectivity index (χ3n) is 6.60. The molecule has 0 atom stereocenters. The summed E-state index contributed by atoms with van der Waals surface area (Å²) in [6, 6.07) is 14.8. The number of nitrogens with zero attached hydrogens (tertiary/aromatic N) is 1. The van der Waals surface area contributed by atoms with Crippen LogP contribution >= 0.6 is 0 Å². The van der Waals surface area contributed by atoms with Crippen molar-refractivity contribution < 1.29 is 18.7 Å². The summed E-state index contributed by atoms with van der Waals surface area (Å²) in [6.07, 6.45) is 3.03. The Kier molecular flexibility index (Phi) is 7.90. The molecule has 0 radical (unpaired) electrons. The number of hydrogen-bond donors (Lipinski definition) is 1. The van der Waals surface area contributed by atoms with Crippen molar-refractivity contribution in [3.8, 4) is 11.1 Å². The van der Waals surface area contributed by atoms with E-state index in [-0.39, 0.29) is 11.7 Å². The first-order chi connectivity index (χ1) is 15.6. The summed E-state index contributed by atoms with van der Waals surface area (Å²) in [7, 11) is 0. The Morgan fingerprint density at radius 2 is 1.66 bits per heavy atom. The van der Waals surface area contributed by atoms with Crippen molar-refractivity contribution in [2.24, 2.45) is 5.41 Å². The summed E-state index contributed by atoms with van der Waals surface area (Å²) in [4.78, 5) is 15.7. The normalized spacial score (nSPS) is 18.9. The van der Waals surface area contributed by atoms with Gasteiger partial charge in [-0.05, 0) is 61.1 Å². The van der Waals surface area contributed by atoms with Crippen molar-refractivity contribution in [1.82, 2.24) is 10.2 Å². The van der Waals surface area contributed by atoms with Gasteiger partial charge in [0.2, 0.25) is 5.91 Å². The number of amides is 1. The molecule has 0 unspecified atom stereocenters. The predicted octanol–water partition coefficient (Wildman–Crippen LogP) is 3.67. The van der Waals surface area contributed by atoms with Crippen molar-refractivity contribution in [2.45, 2.75) is 25.7 Å². The van der Waals surface area contributed by atoms with E-state index < -0.39 is 5.41 Å². The molecule has 2 saturated heterocycles. The van der Waals surface area contributed by atoms with E-state index >= 15 is 0 Å². The van der Waals surface area contributed by atoms with E-state index in [4.69, 9.17) is 9.47 Å². The van der Waals surface area contributed by atoms with Crippen molar-refractivity contribution in [1.29, 1.82) is 0 Å². The fourth-order valence-corrected chi connectivity index (χ4v) is 4.68. The van der Waals surface area contributed by atoms with Crippen LogP contribution in [0, 0.1) is 11.2 Å². The number of rotatable bonds is 8. The zero-order valence-corrected chi connectivity index (χ0v) is 18.7. The lowest BCUT2D eigenvalue weighted by molar-refractivity contribution is -0.136. The lowest BCUT2D eigenvalue weighted by Crippen LogP contribution is -2.47. The van der Waals surface area contributed by atoms with E-state index in [1.165, 1.54) is 6.07 Å². The maximum atomic E-state index is 13.7. The van der Waals surface area contributed by atoms with Crippen LogP contribution in [0.4, 0.5) is 4.39 Å². The number of halogens is 1. The van der Waals surface area contributed by atoms with Crippen molar-refractivity contribution in [3.63, 3.8) is 0 Å². The molecule has 0 spiro atoms. The standard InChI is InChI=1S/C26H33FN2O3/c27-24-7-2-6-23(19-24)22-5-1-4-21(18-22)20-26(8-14-31-15-9-26)25(30)28-10-3-11-29-12-16-32-17-13-29/h1-2,4-7,18-19H,3,8-17,20H2,(H,28,30). The fourth-order valence-electron chi connectivity index (χ4n) is 4.68. The molecule has 172 valence electrons. The molecule has 2 heterocycles. The molecule has 2 aliphatic heterocycles. The van der Waals surface area contributed by atoms with Gasteiger partial charge in [-0.1, -0.05) is 36.4 Å². The summed E-state index contributed by atoms with van der Waals surface area (Å²) in [5, 5.41) is 3.20. The molecule has 0 aromatic heterocycles. The number of hydrogen-bond acceptors (Lipinski definition) is 4. The third-order valence-corrected chi connectivity index (χ3v) is 6.60. The van der Waals surface area contributed by atoms with Gasteiger partial charge in [-0.25, -0.2) is 4.39 Å². The number of morpholine rings is 1. The lowest BCUT2D eigenvalue weighted by Gasteiger charge is -2.36. The van der Waals surface area contributed by atoms with Gasteiger partial charge in [0.05, 0.1) is 18.6 Å². The highest BCUT2D eigenvalue weighted by atomic mass is 19.1. The number of ether oxygens (including phenoxy) is 2. The smallest absolute Gasteiger partial charge is 0.226 e. The first-order valence-corrected chi connectivity index (χ1v) is 11.7. The molecule has 2 aromatic carbocycles. The minimum atomic E-state index is -0.461. The van der Waals surface area contributed by atoms with Crippen LogP contribution in [0.2, 0.25) is 0 Å². The quantitative estimate of drug-likeness (QED) is 0.637. The summed E-state index contributed by atoms with van der Waals surface area (Å²) >= 11 is 0. The Labute approximate surface area is 189 Å². The molecule has 0 aliphatic carbocycles. The molecule has 5 nitrogen and oxygen atoms in total. The molecule has 2 aliphatic rings. The van der Waals surface area contributed by atoms with E-state index in [0.29, 0.717) is 39.0 Å². The Morgan fingerprint density at radius 3 is 2.41 bits per heavy atom. The van der Waals surface area contributed by atoms with Crippen LogP contribution in [0.5, 0.6) is 0 Å². The van der Waals surface area contributed by atoms with Gasteiger partial charge in [-0.3, -0.25) is 9.69 Å². The average Bonchev–Trinajstić information content (AvgIpc) is 2.83. The van der Waals surface area contributed by atoms with E-state index in [1.807, 2.05) is 18.2 Å². The highest BCUT2D eigenvalue weighted by Gasteiger charge is 2.40. The van der Waals surface area contributed by atoms with Crippen molar-refractivity contribution in [2.75, 3.05) is 52.6 Å². The van der Waals surface area contributed by atoms with Crippen LogP contribution in [0.15, 0.2) is 48.5 Å². The maximum absolute atomic E-state index is 13.7. The van der Waals surface area contributed by atoms with Crippen LogP contribution in [0.1, 0.15) is 24.8 Å². The maximum Gasteiger partial charge on any atom is 0.226 e. The average molecular weight is 441 g/mol. The molecule has 6 heteroatoms. The Morgan fingerprint density at radius 1 is 0.969 bits per heavy atom. The largest absolute Gasteiger partial charge is 0.381 e. The molecular weight excluding hydrogens is 407 g/mol. The van der Waals surface area contributed by atoms with E-state index in [9.17, 15) is 9.18 Å². The molecule has 0 saturated carbocycles. The summed E-state index contributed by atoms with van der Waals surface area (Å²) in [5.41, 5.74) is 2.45. The summed E-state index contributed by atoms with van der Waals surface area (Å²) in [6.45, 7) is 6.40. The molecule has 1 N–H and O–H groups in total. The monoisotopic (exact) mass is 440 g/mol. The number of carbonyl (C=O) groups excluding carboxylic acids is 1. The van der Waals surface area contributed by atoms with E-state index in [1.54, 1.807) is 12.1 Å². The zero-order chi connectivity index (χ0) is 22.2. The van der Waals surface area contributed by atoms with Gasteiger partial charge in [0.15, 0.2) is 0 Å². The first kappa shape index (κ1) is 22.9. The predicted molar refractivity (Wildman–Crippen MR) is 123 cm³/mol. The second-order valence-corrected chi connectivity index (χ2v) is 8.84. The Balaban J connectivity index is 1.40. The van der Waals surface area contributed by atoms with Crippen LogP contribution in [-0.4, -0.2) is 63.4 Å². The molecule has 1 amide bonds. The van der Waals surface area contributed by atoms with Crippen LogP contribution in [-0.2, 0) is 20.7 Å². The fraction of sp³-hybridized carbons (Fsp3) is 0.500. The third kappa shape index (κ3) is 5.94. The van der Waals surface area contributed by atoms with Crippen LogP contribution < -0.4 is 5.32 Å². The van der Waals surface area contributed by atoms with Gasteiger partial charge in [0.1, 0.15) is 5.82 Å². The Hall–Kier alpha value is -2.28. The Bertz CT molecular complexity index is 892. The molecule has 2 aromatic rings. The number of nitrogens with one attached hydrogen (secondary N) is 1. The highest BCUT2D eigenvalue weighted by molar-refractivity contribution is 5.83. The van der Waals surface area contributed by atoms with E-state index in [0.717, 1.165) is 56.0 Å². The minimum Gasteiger partial charge on any atom is -0.381 e. The van der Waals surface area contributed by atoms with Gasteiger partial charge < -0.3 is 14.8 Å². The van der Waals surface area contributed by atoms with Crippen LogP contribution in [0.3, 0.4) is 0 Å². The molecular formula is C26H33FN2O3. The van der Waals surface area contributed by atoms with E-state index in [2.05, 4.69) is 22.3 Å². The zero-order valence-electron chi connectivity index (χ0n) is 18.7.